The minimum atomic E-state index is 0.0357. The summed E-state index contributed by atoms with van der Waals surface area (Å²) < 4.78 is 5.55. The van der Waals surface area contributed by atoms with Crippen molar-refractivity contribution in [3.63, 3.8) is 0 Å². The minimum Gasteiger partial charge on any atom is -0.508 e. The molecule has 4 heteroatoms. The number of rotatable bonds is 7. The summed E-state index contributed by atoms with van der Waals surface area (Å²) in [5, 5.41) is 12.8. The van der Waals surface area contributed by atoms with Crippen molar-refractivity contribution in [2.75, 3.05) is 26.8 Å². The lowest BCUT2D eigenvalue weighted by molar-refractivity contribution is 0.129. The maximum Gasteiger partial charge on any atom is 0.117 e. The van der Waals surface area contributed by atoms with Crippen LogP contribution >= 0.6 is 0 Å². The predicted octanol–water partition coefficient (Wildman–Crippen LogP) is 5.42. The second kappa shape index (κ2) is 10.9. The molecule has 1 fully saturated rings. The van der Waals surface area contributed by atoms with Gasteiger partial charge in [0.2, 0.25) is 0 Å². The minimum absolute atomic E-state index is 0.0357. The molecule has 2 heterocycles. The van der Waals surface area contributed by atoms with Crippen molar-refractivity contribution in [1.82, 2.24) is 9.80 Å². The normalized spacial score (nSPS) is 19.9. The fraction of sp³-hybridized carbons (Fsp3) is 0.484. The van der Waals surface area contributed by atoms with Crippen LogP contribution in [0.25, 0.3) is 11.3 Å². The fourth-order valence-electron chi connectivity index (χ4n) is 5.25. The smallest absolute Gasteiger partial charge is 0.117 e. The number of fused-ring (bicyclic) bond motifs is 1. The van der Waals surface area contributed by atoms with E-state index in [4.69, 9.17) is 4.74 Å². The number of benzene rings is 1. The molecule has 0 saturated carbocycles. The van der Waals surface area contributed by atoms with Gasteiger partial charge in [0.15, 0.2) is 0 Å². The van der Waals surface area contributed by atoms with E-state index in [1.165, 1.54) is 27.3 Å². The third-order valence-electron chi connectivity index (χ3n) is 7.02. The topological polar surface area (TPSA) is 35.9 Å². The second-order valence-corrected chi connectivity index (χ2v) is 11.1. The average Bonchev–Trinajstić information content (AvgIpc) is 2.77. The summed E-state index contributed by atoms with van der Waals surface area (Å²) >= 11 is 0. The van der Waals surface area contributed by atoms with Crippen molar-refractivity contribution >= 4 is 11.3 Å². The molecule has 0 amide bonds. The van der Waals surface area contributed by atoms with E-state index in [1.54, 1.807) is 0 Å². The molecular formula is C31H44N2O2. The third-order valence-corrected chi connectivity index (χ3v) is 7.02. The molecular weight excluding hydrogens is 432 g/mol. The van der Waals surface area contributed by atoms with Gasteiger partial charge in [0, 0.05) is 43.8 Å². The summed E-state index contributed by atoms with van der Waals surface area (Å²) in [7, 11) is 2.20. The Hall–Kier alpha value is -2.72. The Labute approximate surface area is 212 Å². The summed E-state index contributed by atoms with van der Waals surface area (Å²) in [6.45, 7) is 23.8. The summed E-state index contributed by atoms with van der Waals surface area (Å²) in [5.41, 5.74) is 6.57. The Kier molecular flexibility index (Phi) is 8.38. The van der Waals surface area contributed by atoms with Gasteiger partial charge in [-0.05, 0) is 67.9 Å². The van der Waals surface area contributed by atoms with Crippen molar-refractivity contribution in [2.45, 2.75) is 66.8 Å². The van der Waals surface area contributed by atoms with Crippen molar-refractivity contribution in [2.24, 2.45) is 5.41 Å². The van der Waals surface area contributed by atoms with Crippen LogP contribution in [0.15, 0.2) is 66.2 Å². The Morgan fingerprint density at radius 3 is 2.51 bits per heavy atom. The van der Waals surface area contributed by atoms with Crippen molar-refractivity contribution in [1.29, 1.82) is 0 Å². The number of hydrogen-bond donors (Lipinski definition) is 1. The second-order valence-electron chi connectivity index (χ2n) is 11.1. The largest absolute Gasteiger partial charge is 0.508 e. The Balaban J connectivity index is 2.21. The fourth-order valence-corrected chi connectivity index (χ4v) is 5.25. The van der Waals surface area contributed by atoms with Crippen LogP contribution in [0.4, 0.5) is 0 Å². The van der Waals surface area contributed by atoms with Gasteiger partial charge in [-0.15, -0.1) is 0 Å². The molecule has 2 aliphatic heterocycles. The van der Waals surface area contributed by atoms with Gasteiger partial charge in [-0.2, -0.15) is 0 Å². The lowest BCUT2D eigenvalue weighted by Crippen LogP contribution is -2.55. The van der Waals surface area contributed by atoms with Crippen LogP contribution in [0.2, 0.25) is 0 Å². The van der Waals surface area contributed by atoms with Crippen molar-refractivity contribution in [3.8, 4) is 0 Å². The van der Waals surface area contributed by atoms with Gasteiger partial charge in [0.05, 0.1) is 17.4 Å². The molecule has 4 nitrogen and oxygen atoms in total. The van der Waals surface area contributed by atoms with Gasteiger partial charge in [0.25, 0.3) is 0 Å². The molecule has 0 spiro atoms. The third kappa shape index (κ3) is 5.75. The van der Waals surface area contributed by atoms with E-state index < -0.39 is 0 Å². The molecule has 1 unspecified atom stereocenters. The van der Waals surface area contributed by atoms with Crippen molar-refractivity contribution < 1.29 is 9.84 Å². The number of unbranched alkanes of at least 4 members (excludes halogenated alkanes) is 1. The Morgan fingerprint density at radius 1 is 1.20 bits per heavy atom. The van der Waals surface area contributed by atoms with Crippen LogP contribution < -0.4 is 10.4 Å². The highest BCUT2D eigenvalue weighted by molar-refractivity contribution is 5.70. The first-order chi connectivity index (χ1) is 16.5. The number of likely N-dealkylation sites (N-methyl/N-ethyl adjacent to an activating group) is 1. The first-order valence-electron chi connectivity index (χ1n) is 12.9. The van der Waals surface area contributed by atoms with E-state index >= 15 is 0 Å². The van der Waals surface area contributed by atoms with Crippen LogP contribution in [0.5, 0.6) is 0 Å². The maximum atomic E-state index is 10.2. The molecule has 0 aromatic heterocycles. The van der Waals surface area contributed by atoms with Gasteiger partial charge in [-0.25, -0.2) is 0 Å². The van der Waals surface area contributed by atoms with E-state index in [0.29, 0.717) is 5.57 Å². The summed E-state index contributed by atoms with van der Waals surface area (Å²) in [4.78, 5) is 4.74. The highest BCUT2D eigenvalue weighted by Crippen LogP contribution is 2.40. The van der Waals surface area contributed by atoms with Gasteiger partial charge in [0.1, 0.15) is 5.76 Å². The number of piperazine rings is 1. The molecule has 0 aliphatic carbocycles. The zero-order valence-electron chi connectivity index (χ0n) is 22.9. The predicted molar refractivity (Wildman–Crippen MR) is 148 cm³/mol. The van der Waals surface area contributed by atoms with Crippen LogP contribution in [-0.2, 0) is 11.2 Å². The Bertz CT molecular complexity index is 1160. The molecule has 0 bridgehead atoms. The Morgan fingerprint density at radius 2 is 1.91 bits per heavy atom. The molecule has 1 aromatic carbocycles. The maximum absolute atomic E-state index is 10.2. The molecule has 0 radical (unpaired) electrons. The van der Waals surface area contributed by atoms with Crippen LogP contribution in [0, 0.1) is 5.41 Å². The molecule has 35 heavy (non-hydrogen) atoms. The number of aliphatic hydroxyl groups excluding tert-OH is 1. The van der Waals surface area contributed by atoms with Crippen LogP contribution in [0.1, 0.15) is 59.9 Å². The quantitative estimate of drug-likeness (QED) is 0.421. The van der Waals surface area contributed by atoms with Gasteiger partial charge in [-0.3, -0.25) is 0 Å². The molecule has 1 aromatic rings. The average molecular weight is 477 g/mol. The van der Waals surface area contributed by atoms with Gasteiger partial charge in [-0.1, -0.05) is 57.7 Å². The molecule has 3 rings (SSSR count). The summed E-state index contributed by atoms with van der Waals surface area (Å²) in [5.74, 6) is 0.0610. The first kappa shape index (κ1) is 26.9. The number of nitrogens with zero attached hydrogens (tertiary/aromatic N) is 2. The van der Waals surface area contributed by atoms with E-state index in [9.17, 15) is 5.11 Å². The summed E-state index contributed by atoms with van der Waals surface area (Å²) in [6.07, 6.45) is 7.37. The van der Waals surface area contributed by atoms with Crippen molar-refractivity contribution in [3.05, 3.63) is 82.2 Å². The molecule has 2 aliphatic rings. The molecule has 1 N–H and O–H groups in total. The first-order valence-corrected chi connectivity index (χ1v) is 12.9. The lowest BCUT2D eigenvalue weighted by atomic mass is 9.82. The zero-order chi connectivity index (χ0) is 25.9. The number of hydrogen-bond acceptors (Lipinski definition) is 4. The standard InChI is InChI=1S/C31H44N2O2/c1-10-35-17-12-11-14-24-15-13-16-25(29(24)21(2)3)30-27-18-22(4)26(23(5)34)19-33(27)28(20-32(30)9)31(6,7)8/h13,15-16,18-19,28,34H,4-5,10-12,14,17,20H2,1-3,6-9H3/b30-25-. The number of aryl methyl sites for hydroxylation is 1. The molecule has 1 saturated heterocycles. The SMILES string of the molecule is C=C(O)C1=CN2C(=CC1=C)/C(=c1\cccc(CCCCOCC)c1=C(C)C)N(C)CC2C(C)(C)C. The molecule has 190 valence electrons. The molecule has 1 atom stereocenters. The van der Waals surface area contributed by atoms with Crippen LogP contribution in [0.3, 0.4) is 0 Å². The number of ether oxygens (including phenoxy) is 1. The highest BCUT2D eigenvalue weighted by Gasteiger charge is 2.39. The number of aliphatic hydroxyl groups is 1. The number of allylic oxidation sites excluding steroid dienone is 2. The van der Waals surface area contributed by atoms with E-state index in [2.05, 4.69) is 88.9 Å². The highest BCUT2D eigenvalue weighted by atomic mass is 16.5. The van der Waals surface area contributed by atoms with Gasteiger partial charge < -0.3 is 19.6 Å². The monoisotopic (exact) mass is 476 g/mol. The van der Waals surface area contributed by atoms with E-state index in [1.807, 2.05) is 13.1 Å². The van der Waals surface area contributed by atoms with E-state index in [0.717, 1.165) is 50.3 Å². The summed E-state index contributed by atoms with van der Waals surface area (Å²) in [6, 6.07) is 6.95. The van der Waals surface area contributed by atoms with E-state index in [-0.39, 0.29) is 17.2 Å². The van der Waals surface area contributed by atoms with Gasteiger partial charge >= 0.3 is 0 Å². The van der Waals surface area contributed by atoms with Crippen LogP contribution in [-0.4, -0.2) is 47.8 Å². The zero-order valence-corrected chi connectivity index (χ0v) is 22.9. The lowest BCUT2D eigenvalue weighted by Gasteiger charge is -2.50.